The maximum Gasteiger partial charge on any atom is 0.336 e. The Morgan fingerprint density at radius 1 is 1.06 bits per heavy atom. The third kappa shape index (κ3) is 5.39. The summed E-state index contributed by atoms with van der Waals surface area (Å²) in [7, 11) is 0. The molecule has 2 aromatic carbocycles. The first-order valence-electron chi connectivity index (χ1n) is 10.8. The average Bonchev–Trinajstić information content (AvgIpc) is 2.74. The fraction of sp³-hybridized carbons (Fsp3) is 0.360. The quantitative estimate of drug-likeness (QED) is 0.553. The molecule has 1 heterocycles. The molecule has 0 saturated heterocycles. The summed E-state index contributed by atoms with van der Waals surface area (Å²) < 4.78 is 18.8. The van der Waals surface area contributed by atoms with E-state index >= 15 is 0 Å². The SMILES string of the molecule is CC(=O)Nc1ccc2c(CN(Cc3ccc(F)cc3)C3CCCCC3)cc(=O)oc2c1. The number of nitrogens with zero attached hydrogens (tertiary/aromatic N) is 1. The number of nitrogens with one attached hydrogen (secondary N) is 1. The highest BCUT2D eigenvalue weighted by atomic mass is 19.1. The first-order chi connectivity index (χ1) is 15.0. The minimum Gasteiger partial charge on any atom is -0.423 e. The molecular weight excluding hydrogens is 395 g/mol. The first kappa shape index (κ1) is 21.2. The minimum atomic E-state index is -0.409. The molecule has 0 bridgehead atoms. The van der Waals surface area contributed by atoms with Gasteiger partial charge < -0.3 is 9.73 Å². The van der Waals surface area contributed by atoms with Crippen molar-refractivity contribution >= 4 is 22.6 Å². The lowest BCUT2D eigenvalue weighted by atomic mass is 9.93. The largest absolute Gasteiger partial charge is 0.423 e. The summed E-state index contributed by atoms with van der Waals surface area (Å²) in [4.78, 5) is 26.0. The summed E-state index contributed by atoms with van der Waals surface area (Å²) in [5.74, 6) is -0.421. The Hall–Kier alpha value is -2.99. The molecule has 0 radical (unpaired) electrons. The molecule has 3 aromatic rings. The van der Waals surface area contributed by atoms with Gasteiger partial charge in [-0.15, -0.1) is 0 Å². The number of carbonyl (C=O) groups is 1. The van der Waals surface area contributed by atoms with Crippen molar-refractivity contribution in [2.24, 2.45) is 0 Å². The Kier molecular flexibility index (Phi) is 6.47. The van der Waals surface area contributed by atoms with Crippen molar-refractivity contribution in [2.45, 2.75) is 58.2 Å². The monoisotopic (exact) mass is 422 g/mol. The molecule has 162 valence electrons. The van der Waals surface area contributed by atoms with E-state index in [-0.39, 0.29) is 11.7 Å². The van der Waals surface area contributed by atoms with Gasteiger partial charge in [0.2, 0.25) is 5.91 Å². The molecule has 1 N–H and O–H groups in total. The van der Waals surface area contributed by atoms with E-state index in [9.17, 15) is 14.0 Å². The molecule has 1 fully saturated rings. The third-order valence-corrected chi connectivity index (χ3v) is 5.91. The van der Waals surface area contributed by atoms with Gasteiger partial charge in [-0.2, -0.15) is 0 Å². The van der Waals surface area contributed by atoms with Crippen molar-refractivity contribution < 1.29 is 13.6 Å². The highest BCUT2D eigenvalue weighted by Gasteiger charge is 2.23. The Bertz CT molecular complexity index is 1120. The number of hydrogen-bond acceptors (Lipinski definition) is 4. The van der Waals surface area contributed by atoms with Gasteiger partial charge in [0.1, 0.15) is 11.4 Å². The number of amides is 1. The van der Waals surface area contributed by atoms with Crippen LogP contribution in [0.1, 0.15) is 50.2 Å². The summed E-state index contributed by atoms with van der Waals surface area (Å²) in [6.45, 7) is 2.73. The predicted octanol–water partition coefficient (Wildman–Crippen LogP) is 5.23. The third-order valence-electron chi connectivity index (χ3n) is 5.91. The van der Waals surface area contributed by atoms with E-state index in [1.807, 2.05) is 24.3 Å². The maximum absolute atomic E-state index is 13.4. The topological polar surface area (TPSA) is 62.6 Å². The van der Waals surface area contributed by atoms with E-state index in [2.05, 4.69) is 10.2 Å². The van der Waals surface area contributed by atoms with E-state index in [0.717, 1.165) is 29.4 Å². The molecule has 31 heavy (non-hydrogen) atoms. The van der Waals surface area contributed by atoms with Crippen LogP contribution < -0.4 is 10.9 Å². The lowest BCUT2D eigenvalue weighted by Crippen LogP contribution is -2.36. The second kappa shape index (κ2) is 9.43. The van der Waals surface area contributed by atoms with Crippen LogP contribution >= 0.6 is 0 Å². The second-order valence-electron chi connectivity index (χ2n) is 8.31. The lowest BCUT2D eigenvalue weighted by molar-refractivity contribution is -0.114. The van der Waals surface area contributed by atoms with Crippen LogP contribution in [0, 0.1) is 5.82 Å². The molecular formula is C25H27FN2O3. The molecule has 0 aliphatic heterocycles. The molecule has 5 nitrogen and oxygen atoms in total. The molecule has 4 rings (SSSR count). The molecule has 1 amide bonds. The summed E-state index contributed by atoms with van der Waals surface area (Å²) in [6, 6.07) is 14.0. The molecule has 1 aliphatic carbocycles. The van der Waals surface area contributed by atoms with Gasteiger partial charge in [0, 0.05) is 49.3 Å². The zero-order valence-electron chi connectivity index (χ0n) is 17.7. The Morgan fingerprint density at radius 3 is 2.52 bits per heavy atom. The highest BCUT2D eigenvalue weighted by molar-refractivity contribution is 5.92. The van der Waals surface area contributed by atoms with Gasteiger partial charge in [-0.05, 0) is 48.2 Å². The average molecular weight is 423 g/mol. The number of hydrogen-bond donors (Lipinski definition) is 1. The molecule has 1 aromatic heterocycles. The number of anilines is 1. The predicted molar refractivity (Wildman–Crippen MR) is 119 cm³/mol. The summed E-state index contributed by atoms with van der Waals surface area (Å²) in [5.41, 5.74) is 2.59. The fourth-order valence-corrected chi connectivity index (χ4v) is 4.45. The van der Waals surface area contributed by atoms with Crippen molar-refractivity contribution in [2.75, 3.05) is 5.32 Å². The Balaban J connectivity index is 1.66. The van der Waals surface area contributed by atoms with Crippen LogP contribution in [-0.4, -0.2) is 16.8 Å². The van der Waals surface area contributed by atoms with Gasteiger partial charge in [0.15, 0.2) is 0 Å². The minimum absolute atomic E-state index is 0.180. The highest BCUT2D eigenvalue weighted by Crippen LogP contribution is 2.28. The number of rotatable bonds is 6. The lowest BCUT2D eigenvalue weighted by Gasteiger charge is -2.34. The van der Waals surface area contributed by atoms with Crippen molar-refractivity contribution in [3.05, 3.63) is 75.9 Å². The second-order valence-corrected chi connectivity index (χ2v) is 8.31. The molecule has 6 heteroatoms. The smallest absolute Gasteiger partial charge is 0.336 e. The van der Waals surface area contributed by atoms with Gasteiger partial charge >= 0.3 is 5.63 Å². The normalized spacial score (nSPS) is 14.8. The standard InChI is InChI=1S/C25H27FN2O3/c1-17(29)27-21-11-12-23-19(13-25(30)31-24(23)14-21)16-28(22-5-3-2-4-6-22)15-18-7-9-20(26)10-8-18/h7-14,22H,2-6,15-16H2,1H3,(H,27,29). The van der Waals surface area contributed by atoms with Gasteiger partial charge in [0.25, 0.3) is 0 Å². The van der Waals surface area contributed by atoms with E-state index < -0.39 is 5.63 Å². The maximum atomic E-state index is 13.4. The van der Waals surface area contributed by atoms with Crippen LogP contribution in [-0.2, 0) is 17.9 Å². The molecule has 0 spiro atoms. The number of benzene rings is 2. The molecule has 0 atom stereocenters. The van der Waals surface area contributed by atoms with Gasteiger partial charge in [-0.1, -0.05) is 31.4 Å². The number of halogens is 1. The van der Waals surface area contributed by atoms with E-state index in [1.54, 1.807) is 12.1 Å². The van der Waals surface area contributed by atoms with Crippen LogP contribution in [0.5, 0.6) is 0 Å². The van der Waals surface area contributed by atoms with Crippen LogP contribution in [0.15, 0.2) is 57.7 Å². The first-order valence-corrected chi connectivity index (χ1v) is 10.8. The Morgan fingerprint density at radius 2 is 1.81 bits per heavy atom. The van der Waals surface area contributed by atoms with Crippen molar-refractivity contribution in [3.8, 4) is 0 Å². The summed E-state index contributed by atoms with van der Waals surface area (Å²) >= 11 is 0. The molecule has 0 unspecified atom stereocenters. The van der Waals surface area contributed by atoms with E-state index in [1.165, 1.54) is 38.3 Å². The Labute approximate surface area is 180 Å². The van der Waals surface area contributed by atoms with Crippen LogP contribution in [0.2, 0.25) is 0 Å². The molecule has 1 aliphatic rings. The van der Waals surface area contributed by atoms with Gasteiger partial charge in [-0.25, -0.2) is 9.18 Å². The van der Waals surface area contributed by atoms with E-state index in [4.69, 9.17) is 4.42 Å². The zero-order chi connectivity index (χ0) is 21.8. The van der Waals surface area contributed by atoms with Crippen molar-refractivity contribution in [1.29, 1.82) is 0 Å². The van der Waals surface area contributed by atoms with Crippen molar-refractivity contribution in [1.82, 2.24) is 4.90 Å². The van der Waals surface area contributed by atoms with E-state index in [0.29, 0.717) is 30.4 Å². The molecule has 1 saturated carbocycles. The zero-order valence-corrected chi connectivity index (χ0v) is 17.7. The fourth-order valence-electron chi connectivity index (χ4n) is 4.45. The van der Waals surface area contributed by atoms with Gasteiger partial charge in [0.05, 0.1) is 0 Å². The van der Waals surface area contributed by atoms with Crippen LogP contribution in [0.4, 0.5) is 10.1 Å². The van der Waals surface area contributed by atoms with Crippen LogP contribution in [0.3, 0.4) is 0 Å². The van der Waals surface area contributed by atoms with Gasteiger partial charge in [-0.3, -0.25) is 9.69 Å². The number of fused-ring (bicyclic) bond motifs is 1. The van der Waals surface area contributed by atoms with Crippen molar-refractivity contribution in [3.63, 3.8) is 0 Å². The number of carbonyl (C=O) groups excluding carboxylic acids is 1. The van der Waals surface area contributed by atoms with Crippen LogP contribution in [0.25, 0.3) is 11.0 Å². The summed E-state index contributed by atoms with van der Waals surface area (Å²) in [5, 5.41) is 3.58. The summed E-state index contributed by atoms with van der Waals surface area (Å²) in [6.07, 6.45) is 5.88.